The molecule has 4 nitrogen and oxygen atoms in total. The summed E-state index contributed by atoms with van der Waals surface area (Å²) in [7, 11) is 0. The van der Waals surface area contributed by atoms with E-state index in [1.165, 1.54) is 130 Å². The second-order valence-electron chi connectivity index (χ2n) is 8.97. The normalized spacial score (nSPS) is 12.2. The lowest BCUT2D eigenvalue weighted by Gasteiger charge is -2.31. The van der Waals surface area contributed by atoms with Crippen LogP contribution in [0.4, 0.5) is 0 Å². The van der Waals surface area contributed by atoms with Crippen LogP contribution < -0.4 is 0 Å². The SMILES string of the molecule is CCCCN(CCCC)CCN(CCN(CC)CC)CCN(CCCC)CCCC. The van der Waals surface area contributed by atoms with Crippen molar-refractivity contribution in [3.8, 4) is 0 Å². The zero-order valence-electron chi connectivity index (χ0n) is 21.9. The van der Waals surface area contributed by atoms with Gasteiger partial charge in [-0.2, -0.15) is 0 Å². The van der Waals surface area contributed by atoms with Crippen molar-refractivity contribution < 1.29 is 0 Å². The average molecular weight is 427 g/mol. The van der Waals surface area contributed by atoms with Crippen LogP contribution in [0.15, 0.2) is 0 Å². The summed E-state index contributed by atoms with van der Waals surface area (Å²) in [5.74, 6) is 0. The molecule has 0 aromatic carbocycles. The van der Waals surface area contributed by atoms with E-state index in [4.69, 9.17) is 0 Å². The first-order valence-corrected chi connectivity index (χ1v) is 13.5. The van der Waals surface area contributed by atoms with E-state index in [0.717, 1.165) is 0 Å². The molecule has 0 aromatic rings. The molecule has 0 heterocycles. The molecular weight excluding hydrogens is 368 g/mol. The summed E-state index contributed by atoms with van der Waals surface area (Å²) >= 11 is 0. The first-order chi connectivity index (χ1) is 14.6. The molecule has 0 amide bonds. The molecular formula is C26H58N4. The Morgan fingerprint density at radius 3 is 0.767 bits per heavy atom. The van der Waals surface area contributed by atoms with Crippen LogP contribution in [0.2, 0.25) is 0 Å². The van der Waals surface area contributed by atoms with Crippen LogP contribution >= 0.6 is 0 Å². The highest BCUT2D eigenvalue weighted by Gasteiger charge is 2.13. The number of hydrogen-bond acceptors (Lipinski definition) is 4. The highest BCUT2D eigenvalue weighted by molar-refractivity contribution is 4.69. The Kier molecular flexibility index (Phi) is 21.9. The molecule has 0 rings (SSSR count). The fourth-order valence-electron chi connectivity index (χ4n) is 3.92. The predicted octanol–water partition coefficient (Wildman–Crippen LogP) is 5.43. The number of likely N-dealkylation sites (N-methyl/N-ethyl adjacent to an activating group) is 1. The Labute approximate surface area is 191 Å². The molecule has 0 aliphatic heterocycles. The van der Waals surface area contributed by atoms with E-state index in [1.54, 1.807) is 0 Å². The molecule has 4 heteroatoms. The van der Waals surface area contributed by atoms with Gasteiger partial charge in [0.05, 0.1) is 0 Å². The van der Waals surface area contributed by atoms with Crippen molar-refractivity contribution >= 4 is 0 Å². The van der Waals surface area contributed by atoms with Gasteiger partial charge in [-0.05, 0) is 65.0 Å². The maximum absolute atomic E-state index is 2.76. The van der Waals surface area contributed by atoms with Gasteiger partial charge >= 0.3 is 0 Å². The molecule has 0 N–H and O–H groups in total. The van der Waals surface area contributed by atoms with Gasteiger partial charge in [0.2, 0.25) is 0 Å². The lowest BCUT2D eigenvalue weighted by molar-refractivity contribution is 0.155. The minimum Gasteiger partial charge on any atom is -0.303 e. The van der Waals surface area contributed by atoms with Crippen molar-refractivity contribution in [1.29, 1.82) is 0 Å². The number of unbranched alkanes of at least 4 members (excludes halogenated alkanes) is 4. The molecule has 0 unspecified atom stereocenters. The maximum Gasteiger partial charge on any atom is 0.0110 e. The topological polar surface area (TPSA) is 13.0 Å². The van der Waals surface area contributed by atoms with Crippen LogP contribution in [0.1, 0.15) is 92.9 Å². The van der Waals surface area contributed by atoms with Crippen LogP contribution in [0.3, 0.4) is 0 Å². The van der Waals surface area contributed by atoms with Gasteiger partial charge in [0.15, 0.2) is 0 Å². The van der Waals surface area contributed by atoms with Gasteiger partial charge in [-0.25, -0.2) is 0 Å². The van der Waals surface area contributed by atoms with E-state index in [9.17, 15) is 0 Å². The second kappa shape index (κ2) is 22.0. The van der Waals surface area contributed by atoms with Gasteiger partial charge in [0, 0.05) is 39.3 Å². The smallest absolute Gasteiger partial charge is 0.0110 e. The van der Waals surface area contributed by atoms with Crippen LogP contribution in [-0.4, -0.2) is 98.1 Å². The van der Waals surface area contributed by atoms with Crippen molar-refractivity contribution in [2.45, 2.75) is 92.9 Å². The van der Waals surface area contributed by atoms with Gasteiger partial charge in [-0.3, -0.25) is 4.90 Å². The minimum atomic E-state index is 1.17. The Morgan fingerprint density at radius 2 is 0.533 bits per heavy atom. The first-order valence-electron chi connectivity index (χ1n) is 13.5. The first kappa shape index (κ1) is 29.8. The minimum absolute atomic E-state index is 1.17. The summed E-state index contributed by atoms with van der Waals surface area (Å²) in [4.78, 5) is 10.8. The zero-order chi connectivity index (χ0) is 22.5. The Bertz CT molecular complexity index is 293. The molecule has 0 aromatic heterocycles. The lowest BCUT2D eigenvalue weighted by atomic mass is 10.2. The van der Waals surface area contributed by atoms with Gasteiger partial charge in [0.1, 0.15) is 0 Å². The van der Waals surface area contributed by atoms with Crippen LogP contribution in [0.5, 0.6) is 0 Å². The van der Waals surface area contributed by atoms with Crippen molar-refractivity contribution in [3.05, 3.63) is 0 Å². The molecule has 0 spiro atoms. The molecule has 0 fully saturated rings. The summed E-state index contributed by atoms with van der Waals surface area (Å²) in [6.07, 6.45) is 10.6. The van der Waals surface area contributed by atoms with Crippen molar-refractivity contribution in [2.75, 3.05) is 78.5 Å². The van der Waals surface area contributed by atoms with Crippen LogP contribution in [0.25, 0.3) is 0 Å². The third kappa shape index (κ3) is 16.5. The molecule has 0 aliphatic carbocycles. The average Bonchev–Trinajstić information content (AvgIpc) is 2.77. The Balaban J connectivity index is 4.78. The molecule has 0 radical (unpaired) electrons. The van der Waals surface area contributed by atoms with Gasteiger partial charge in [-0.15, -0.1) is 0 Å². The monoisotopic (exact) mass is 426 g/mol. The number of hydrogen-bond donors (Lipinski definition) is 0. The Hall–Kier alpha value is -0.160. The third-order valence-corrected chi connectivity index (χ3v) is 6.40. The molecule has 30 heavy (non-hydrogen) atoms. The fraction of sp³-hybridized carbons (Fsp3) is 1.00. The van der Waals surface area contributed by atoms with E-state index in [-0.39, 0.29) is 0 Å². The largest absolute Gasteiger partial charge is 0.303 e. The molecule has 0 saturated carbocycles. The van der Waals surface area contributed by atoms with Gasteiger partial charge in [-0.1, -0.05) is 67.2 Å². The highest BCUT2D eigenvalue weighted by atomic mass is 15.2. The van der Waals surface area contributed by atoms with E-state index in [1.807, 2.05) is 0 Å². The molecule has 0 atom stereocenters. The van der Waals surface area contributed by atoms with Gasteiger partial charge in [0.25, 0.3) is 0 Å². The van der Waals surface area contributed by atoms with Crippen molar-refractivity contribution in [2.24, 2.45) is 0 Å². The summed E-state index contributed by atoms with van der Waals surface area (Å²) in [5, 5.41) is 0. The summed E-state index contributed by atoms with van der Waals surface area (Å²) < 4.78 is 0. The zero-order valence-corrected chi connectivity index (χ0v) is 21.9. The van der Waals surface area contributed by atoms with Crippen LogP contribution in [-0.2, 0) is 0 Å². The van der Waals surface area contributed by atoms with E-state index < -0.39 is 0 Å². The van der Waals surface area contributed by atoms with E-state index in [2.05, 4.69) is 61.1 Å². The third-order valence-electron chi connectivity index (χ3n) is 6.40. The van der Waals surface area contributed by atoms with Crippen molar-refractivity contribution in [3.63, 3.8) is 0 Å². The maximum atomic E-state index is 2.76. The van der Waals surface area contributed by atoms with Crippen LogP contribution in [0, 0.1) is 0 Å². The fourth-order valence-corrected chi connectivity index (χ4v) is 3.92. The summed E-state index contributed by atoms with van der Waals surface area (Å²) in [6.45, 7) is 28.6. The second-order valence-corrected chi connectivity index (χ2v) is 8.97. The molecule has 182 valence electrons. The number of rotatable bonds is 23. The van der Waals surface area contributed by atoms with Crippen molar-refractivity contribution in [1.82, 2.24) is 19.6 Å². The van der Waals surface area contributed by atoms with E-state index >= 15 is 0 Å². The predicted molar refractivity (Wildman–Crippen MR) is 137 cm³/mol. The molecule has 0 saturated heterocycles. The molecule has 0 bridgehead atoms. The van der Waals surface area contributed by atoms with E-state index in [0.29, 0.717) is 0 Å². The summed E-state index contributed by atoms with van der Waals surface area (Å²) in [6, 6.07) is 0. The summed E-state index contributed by atoms with van der Waals surface area (Å²) in [5.41, 5.74) is 0. The van der Waals surface area contributed by atoms with Gasteiger partial charge < -0.3 is 14.7 Å². The Morgan fingerprint density at radius 1 is 0.300 bits per heavy atom. The lowest BCUT2D eigenvalue weighted by Crippen LogP contribution is -2.43. The molecule has 0 aliphatic rings. The number of nitrogens with zero attached hydrogens (tertiary/aromatic N) is 4. The quantitative estimate of drug-likeness (QED) is 0.216. The highest BCUT2D eigenvalue weighted by Crippen LogP contribution is 2.04. The standard InChI is InChI=1S/C26H58N4/c1-7-13-17-28(18-14-8-2)23-25-30(22-21-27(11-5)12-6)26-24-29(19-15-9-3)20-16-10-4/h7-26H2,1-6H3.